The number of aromatic nitrogens is 4. The van der Waals surface area contributed by atoms with Crippen LogP contribution in [-0.4, -0.2) is 25.9 Å². The van der Waals surface area contributed by atoms with E-state index >= 15 is 0 Å². The van der Waals surface area contributed by atoms with E-state index in [9.17, 15) is 13.2 Å². The molecule has 3 aromatic rings. The number of fused-ring (bicyclic) bond motifs is 1. The SMILES string of the molecule is Cc1cc(NCc2ccc(OC(F)(F)F)cc2)n2ncnc2n1. The molecule has 0 aliphatic rings. The van der Waals surface area contributed by atoms with Crippen LogP contribution in [0.3, 0.4) is 0 Å². The molecule has 1 N–H and O–H groups in total. The van der Waals surface area contributed by atoms with Crippen molar-refractivity contribution in [2.45, 2.75) is 19.8 Å². The fourth-order valence-corrected chi connectivity index (χ4v) is 2.06. The van der Waals surface area contributed by atoms with E-state index in [1.165, 1.54) is 18.5 Å². The number of benzene rings is 1. The lowest BCUT2D eigenvalue weighted by atomic mass is 10.2. The van der Waals surface area contributed by atoms with Gasteiger partial charge < -0.3 is 10.1 Å². The number of alkyl halides is 3. The van der Waals surface area contributed by atoms with E-state index in [0.29, 0.717) is 18.1 Å². The van der Waals surface area contributed by atoms with Gasteiger partial charge in [0, 0.05) is 18.3 Å². The second kappa shape index (κ2) is 5.75. The summed E-state index contributed by atoms with van der Waals surface area (Å²) in [4.78, 5) is 8.24. The van der Waals surface area contributed by atoms with Crippen molar-refractivity contribution >= 4 is 11.6 Å². The van der Waals surface area contributed by atoms with Crippen LogP contribution >= 0.6 is 0 Å². The van der Waals surface area contributed by atoms with Crippen molar-refractivity contribution < 1.29 is 17.9 Å². The Hall–Kier alpha value is -2.84. The van der Waals surface area contributed by atoms with Gasteiger partial charge in [-0.15, -0.1) is 13.2 Å². The molecule has 0 aliphatic heterocycles. The normalized spacial score (nSPS) is 11.7. The molecule has 2 aromatic heterocycles. The first kappa shape index (κ1) is 15.1. The molecule has 0 saturated heterocycles. The number of ether oxygens (including phenoxy) is 1. The molecule has 0 amide bonds. The molecule has 6 nitrogen and oxygen atoms in total. The molecule has 0 unspecified atom stereocenters. The zero-order chi connectivity index (χ0) is 16.4. The average molecular weight is 323 g/mol. The Morgan fingerprint density at radius 1 is 1.22 bits per heavy atom. The van der Waals surface area contributed by atoms with Gasteiger partial charge in [-0.1, -0.05) is 12.1 Å². The maximum Gasteiger partial charge on any atom is 0.573 e. The Morgan fingerprint density at radius 2 is 1.96 bits per heavy atom. The van der Waals surface area contributed by atoms with E-state index in [0.717, 1.165) is 11.3 Å². The predicted octanol–water partition coefficient (Wildman–Crippen LogP) is 2.94. The van der Waals surface area contributed by atoms with Crippen LogP contribution in [0.25, 0.3) is 5.78 Å². The highest BCUT2D eigenvalue weighted by atomic mass is 19.4. The topological polar surface area (TPSA) is 64.3 Å². The van der Waals surface area contributed by atoms with Crippen molar-refractivity contribution in [2.24, 2.45) is 0 Å². The van der Waals surface area contributed by atoms with Crippen LogP contribution < -0.4 is 10.1 Å². The van der Waals surface area contributed by atoms with Crippen LogP contribution in [0.15, 0.2) is 36.7 Å². The number of nitrogens with zero attached hydrogens (tertiary/aromatic N) is 4. The monoisotopic (exact) mass is 323 g/mol. The summed E-state index contributed by atoms with van der Waals surface area (Å²) in [5, 5.41) is 7.22. The molecule has 120 valence electrons. The molecule has 1 aromatic carbocycles. The summed E-state index contributed by atoms with van der Waals surface area (Å²) in [6.07, 6.45) is -3.29. The van der Waals surface area contributed by atoms with Crippen LogP contribution in [0, 0.1) is 6.92 Å². The highest BCUT2D eigenvalue weighted by molar-refractivity contribution is 5.45. The Morgan fingerprint density at radius 3 is 2.65 bits per heavy atom. The van der Waals surface area contributed by atoms with Crippen molar-refractivity contribution in [2.75, 3.05) is 5.32 Å². The number of anilines is 1. The van der Waals surface area contributed by atoms with Gasteiger partial charge in [-0.3, -0.25) is 0 Å². The van der Waals surface area contributed by atoms with E-state index in [2.05, 4.69) is 25.1 Å². The predicted molar refractivity (Wildman–Crippen MR) is 76.0 cm³/mol. The van der Waals surface area contributed by atoms with Crippen LogP contribution in [-0.2, 0) is 6.54 Å². The standard InChI is InChI=1S/C14H12F3N5O/c1-9-6-12(22-13(21-9)19-8-20-22)18-7-10-2-4-11(5-3-10)23-14(15,16)17/h2-6,8,18H,7H2,1H3. The molecule has 0 bridgehead atoms. The quantitative estimate of drug-likeness (QED) is 0.800. The van der Waals surface area contributed by atoms with Gasteiger partial charge in [0.15, 0.2) is 0 Å². The molecule has 2 heterocycles. The minimum atomic E-state index is -4.69. The van der Waals surface area contributed by atoms with Crippen LogP contribution in [0.1, 0.15) is 11.3 Å². The molecule has 0 fully saturated rings. The lowest BCUT2D eigenvalue weighted by Gasteiger charge is -2.11. The fourth-order valence-electron chi connectivity index (χ4n) is 2.06. The van der Waals surface area contributed by atoms with Crippen molar-refractivity contribution in [3.05, 3.63) is 47.9 Å². The third-order valence-corrected chi connectivity index (χ3v) is 3.01. The Labute approximate surface area is 128 Å². The van der Waals surface area contributed by atoms with Crippen molar-refractivity contribution in [3.8, 4) is 5.75 Å². The molecule has 0 atom stereocenters. The number of halogens is 3. The third kappa shape index (κ3) is 3.68. The second-order valence-corrected chi connectivity index (χ2v) is 4.80. The van der Waals surface area contributed by atoms with E-state index < -0.39 is 6.36 Å². The van der Waals surface area contributed by atoms with Gasteiger partial charge in [-0.05, 0) is 24.6 Å². The lowest BCUT2D eigenvalue weighted by Crippen LogP contribution is -2.17. The summed E-state index contributed by atoms with van der Waals surface area (Å²) in [6, 6.07) is 7.46. The summed E-state index contributed by atoms with van der Waals surface area (Å²) in [5.74, 6) is 0.918. The lowest BCUT2D eigenvalue weighted by molar-refractivity contribution is -0.274. The number of nitrogens with one attached hydrogen (secondary N) is 1. The van der Waals surface area contributed by atoms with E-state index in [1.54, 1.807) is 16.6 Å². The van der Waals surface area contributed by atoms with E-state index in [1.807, 2.05) is 13.0 Å². The summed E-state index contributed by atoms with van der Waals surface area (Å²) in [7, 11) is 0. The molecule has 23 heavy (non-hydrogen) atoms. The van der Waals surface area contributed by atoms with Gasteiger partial charge in [0.2, 0.25) is 0 Å². The summed E-state index contributed by atoms with van der Waals surface area (Å²) >= 11 is 0. The molecule has 9 heteroatoms. The van der Waals surface area contributed by atoms with Crippen LogP contribution in [0.2, 0.25) is 0 Å². The van der Waals surface area contributed by atoms with Crippen molar-refractivity contribution in [1.82, 2.24) is 19.6 Å². The highest BCUT2D eigenvalue weighted by Gasteiger charge is 2.30. The summed E-state index contributed by atoms with van der Waals surface area (Å²) < 4.78 is 41.7. The maximum absolute atomic E-state index is 12.1. The molecule has 0 radical (unpaired) electrons. The minimum absolute atomic E-state index is 0.250. The average Bonchev–Trinajstić information content (AvgIpc) is 2.92. The van der Waals surface area contributed by atoms with Crippen molar-refractivity contribution in [1.29, 1.82) is 0 Å². The Balaban J connectivity index is 1.71. The van der Waals surface area contributed by atoms with Gasteiger partial charge in [-0.2, -0.15) is 14.6 Å². The minimum Gasteiger partial charge on any atom is -0.406 e. The van der Waals surface area contributed by atoms with E-state index in [-0.39, 0.29) is 5.75 Å². The third-order valence-electron chi connectivity index (χ3n) is 3.01. The first-order valence-corrected chi connectivity index (χ1v) is 6.67. The molecule has 3 rings (SSSR count). The van der Waals surface area contributed by atoms with Crippen LogP contribution in [0.4, 0.5) is 19.0 Å². The van der Waals surface area contributed by atoms with Crippen LogP contribution in [0.5, 0.6) is 5.75 Å². The molecule has 0 aliphatic carbocycles. The highest BCUT2D eigenvalue weighted by Crippen LogP contribution is 2.23. The second-order valence-electron chi connectivity index (χ2n) is 4.80. The Bertz CT molecular complexity index is 813. The summed E-state index contributed by atoms with van der Waals surface area (Å²) in [6.45, 7) is 2.24. The molecule has 0 spiro atoms. The number of hydrogen-bond acceptors (Lipinski definition) is 5. The smallest absolute Gasteiger partial charge is 0.406 e. The van der Waals surface area contributed by atoms with Gasteiger partial charge in [0.05, 0.1) is 0 Å². The van der Waals surface area contributed by atoms with Crippen molar-refractivity contribution in [3.63, 3.8) is 0 Å². The molecular weight excluding hydrogens is 311 g/mol. The van der Waals surface area contributed by atoms with E-state index in [4.69, 9.17) is 0 Å². The number of hydrogen-bond donors (Lipinski definition) is 1. The van der Waals surface area contributed by atoms with Gasteiger partial charge >= 0.3 is 6.36 Å². The molecular formula is C14H12F3N5O. The zero-order valence-electron chi connectivity index (χ0n) is 12.0. The molecule has 0 saturated carbocycles. The number of rotatable bonds is 4. The first-order chi connectivity index (χ1) is 10.9. The fraction of sp³-hybridized carbons (Fsp3) is 0.214. The van der Waals surface area contributed by atoms with Gasteiger partial charge in [0.1, 0.15) is 17.9 Å². The van der Waals surface area contributed by atoms with Gasteiger partial charge in [-0.25, -0.2) is 4.98 Å². The summed E-state index contributed by atoms with van der Waals surface area (Å²) in [5.41, 5.74) is 1.57. The Kier molecular flexibility index (Phi) is 3.77. The first-order valence-electron chi connectivity index (χ1n) is 6.67. The zero-order valence-corrected chi connectivity index (χ0v) is 12.0. The maximum atomic E-state index is 12.1. The number of aryl methyl sites for hydroxylation is 1. The largest absolute Gasteiger partial charge is 0.573 e. The van der Waals surface area contributed by atoms with Gasteiger partial charge in [0.25, 0.3) is 5.78 Å².